The molecule has 0 fully saturated rings. The minimum absolute atomic E-state index is 0.00224. The molecule has 0 atom stereocenters. The van der Waals surface area contributed by atoms with Gasteiger partial charge in [0.25, 0.3) is 0 Å². The molecule has 0 unspecified atom stereocenters. The zero-order chi connectivity index (χ0) is 14.7. The van der Waals surface area contributed by atoms with E-state index in [0.29, 0.717) is 17.7 Å². The Bertz CT molecular complexity index is 687. The Morgan fingerprint density at radius 1 is 1.45 bits per heavy atom. The predicted octanol–water partition coefficient (Wildman–Crippen LogP) is 4.22. The Balaban J connectivity index is 2.32. The molecule has 1 aromatic carbocycles. The molecule has 0 N–H and O–H groups in total. The lowest BCUT2D eigenvalue weighted by Gasteiger charge is -2.20. The molecule has 0 aliphatic carbocycles. The number of carbonyl (C=O) groups excluding carboxylic acids is 1. The van der Waals surface area contributed by atoms with Gasteiger partial charge in [-0.3, -0.25) is 4.79 Å². The number of carbonyl (C=O) groups is 1. The fraction of sp³-hybridized carbons (Fsp3) is 0.200. The van der Waals surface area contributed by atoms with Crippen LogP contribution in [0, 0.1) is 11.3 Å². The first-order valence-electron chi connectivity index (χ1n) is 6.00. The van der Waals surface area contributed by atoms with E-state index in [0.717, 1.165) is 9.47 Å². The second kappa shape index (κ2) is 6.21. The first kappa shape index (κ1) is 14.8. The summed E-state index contributed by atoms with van der Waals surface area (Å²) in [6, 6.07) is 9.41. The van der Waals surface area contributed by atoms with Crippen LogP contribution in [-0.4, -0.2) is 12.8 Å². The van der Waals surface area contributed by atoms with Crippen LogP contribution in [0.25, 0.3) is 0 Å². The number of nitriles is 1. The second-order valence-corrected chi connectivity index (χ2v) is 6.81. The fourth-order valence-electron chi connectivity index (χ4n) is 1.95. The summed E-state index contributed by atoms with van der Waals surface area (Å²) in [5, 5.41) is 11.3. The number of ketones is 1. The zero-order valence-electron chi connectivity index (χ0n) is 11.2. The summed E-state index contributed by atoms with van der Waals surface area (Å²) in [5.74, 6) is 0.00224. The molecule has 1 heterocycles. The summed E-state index contributed by atoms with van der Waals surface area (Å²) in [7, 11) is 1.92. The Hall–Kier alpha value is -1.64. The molecule has 20 heavy (non-hydrogen) atoms. The van der Waals surface area contributed by atoms with Crippen LogP contribution in [0.15, 0.2) is 33.4 Å². The third-order valence-electron chi connectivity index (χ3n) is 2.98. The molecule has 2 aromatic rings. The van der Waals surface area contributed by atoms with E-state index in [1.807, 2.05) is 11.9 Å². The smallest absolute Gasteiger partial charge is 0.159 e. The maximum atomic E-state index is 11.5. The Morgan fingerprint density at radius 2 is 2.20 bits per heavy atom. The number of rotatable bonds is 4. The van der Waals surface area contributed by atoms with E-state index >= 15 is 0 Å². The number of nitrogens with zero attached hydrogens (tertiary/aromatic N) is 2. The zero-order valence-corrected chi connectivity index (χ0v) is 13.6. The van der Waals surface area contributed by atoms with Gasteiger partial charge in [-0.05, 0) is 58.1 Å². The van der Waals surface area contributed by atoms with Crippen molar-refractivity contribution in [2.45, 2.75) is 13.5 Å². The van der Waals surface area contributed by atoms with Crippen molar-refractivity contribution in [1.82, 2.24) is 0 Å². The highest BCUT2D eigenvalue weighted by Gasteiger charge is 2.11. The van der Waals surface area contributed by atoms with Gasteiger partial charge in [-0.15, -0.1) is 11.3 Å². The van der Waals surface area contributed by atoms with Crippen LogP contribution in [0.2, 0.25) is 0 Å². The Kier molecular flexibility index (Phi) is 4.58. The average Bonchev–Trinajstić information content (AvgIpc) is 2.83. The van der Waals surface area contributed by atoms with Gasteiger partial charge in [-0.25, -0.2) is 0 Å². The monoisotopic (exact) mass is 348 g/mol. The van der Waals surface area contributed by atoms with Crippen molar-refractivity contribution in [2.75, 3.05) is 11.9 Å². The lowest BCUT2D eigenvalue weighted by Crippen LogP contribution is -2.17. The molecule has 5 heteroatoms. The molecule has 3 nitrogen and oxygen atoms in total. The van der Waals surface area contributed by atoms with Gasteiger partial charge in [-0.2, -0.15) is 5.26 Å². The van der Waals surface area contributed by atoms with Gasteiger partial charge in [-0.1, -0.05) is 0 Å². The number of benzene rings is 1. The van der Waals surface area contributed by atoms with Crippen LogP contribution in [0.4, 0.5) is 5.69 Å². The molecule has 0 saturated carbocycles. The number of hydrogen-bond donors (Lipinski definition) is 0. The van der Waals surface area contributed by atoms with E-state index in [2.05, 4.69) is 33.4 Å². The van der Waals surface area contributed by atoms with Crippen molar-refractivity contribution in [3.8, 4) is 6.07 Å². The van der Waals surface area contributed by atoms with Crippen molar-refractivity contribution in [1.29, 1.82) is 5.26 Å². The summed E-state index contributed by atoms with van der Waals surface area (Å²) < 4.78 is 1.08. The molecule has 0 saturated heterocycles. The van der Waals surface area contributed by atoms with Crippen molar-refractivity contribution < 1.29 is 4.79 Å². The number of Topliss-reactive ketones (excluding diaryl/α,β-unsaturated/α-hetero) is 1. The summed E-state index contributed by atoms with van der Waals surface area (Å²) in [4.78, 5) is 13.5. The topological polar surface area (TPSA) is 44.1 Å². The van der Waals surface area contributed by atoms with Crippen LogP contribution in [0.3, 0.4) is 0 Å². The van der Waals surface area contributed by atoms with Crippen LogP contribution < -0.4 is 4.90 Å². The van der Waals surface area contributed by atoms with E-state index in [4.69, 9.17) is 0 Å². The molecule has 2 rings (SSSR count). The fourth-order valence-corrected chi connectivity index (χ4v) is 3.15. The first-order valence-corrected chi connectivity index (χ1v) is 7.67. The Labute approximate surface area is 130 Å². The van der Waals surface area contributed by atoms with Gasteiger partial charge in [0.15, 0.2) is 5.78 Å². The molecule has 102 valence electrons. The van der Waals surface area contributed by atoms with Gasteiger partial charge < -0.3 is 4.90 Å². The highest BCUT2D eigenvalue weighted by atomic mass is 79.9. The highest BCUT2D eigenvalue weighted by molar-refractivity contribution is 9.11. The normalized spacial score (nSPS) is 10.1. The first-order chi connectivity index (χ1) is 9.51. The van der Waals surface area contributed by atoms with Crippen molar-refractivity contribution in [2.24, 2.45) is 0 Å². The lowest BCUT2D eigenvalue weighted by molar-refractivity contribution is 0.101. The number of thiophene rings is 1. The van der Waals surface area contributed by atoms with Crippen LogP contribution in [-0.2, 0) is 6.54 Å². The summed E-state index contributed by atoms with van der Waals surface area (Å²) in [6.45, 7) is 2.22. The average molecular weight is 349 g/mol. The van der Waals surface area contributed by atoms with Gasteiger partial charge in [0.1, 0.15) is 6.07 Å². The molecule has 1 aromatic heterocycles. The van der Waals surface area contributed by atoms with Gasteiger partial charge in [0.2, 0.25) is 0 Å². The summed E-state index contributed by atoms with van der Waals surface area (Å²) in [5.41, 5.74) is 3.15. The molecule has 0 bridgehead atoms. The van der Waals surface area contributed by atoms with E-state index in [1.165, 1.54) is 12.5 Å². The number of anilines is 1. The van der Waals surface area contributed by atoms with Crippen molar-refractivity contribution >= 4 is 38.7 Å². The summed E-state index contributed by atoms with van der Waals surface area (Å²) in [6.07, 6.45) is 0. The molecular weight excluding hydrogens is 336 g/mol. The van der Waals surface area contributed by atoms with E-state index in [9.17, 15) is 10.1 Å². The van der Waals surface area contributed by atoms with Crippen LogP contribution >= 0.6 is 27.3 Å². The minimum atomic E-state index is 0.00224. The van der Waals surface area contributed by atoms with Crippen molar-refractivity contribution in [3.63, 3.8) is 0 Å². The minimum Gasteiger partial charge on any atom is -0.369 e. The standard InChI is InChI=1S/C15H13BrN2OS/c1-10(19)12-3-4-13(7-17)14(6-12)18(2)8-11-5-15(16)20-9-11/h3-6,9H,8H2,1-2H3. The molecule has 0 amide bonds. The van der Waals surface area contributed by atoms with Gasteiger partial charge in [0, 0.05) is 19.2 Å². The van der Waals surface area contributed by atoms with E-state index in [1.54, 1.807) is 29.5 Å². The third-order valence-corrected chi connectivity index (χ3v) is 4.53. The molecule has 0 aliphatic heterocycles. The van der Waals surface area contributed by atoms with Gasteiger partial charge in [0.05, 0.1) is 15.0 Å². The van der Waals surface area contributed by atoms with Crippen molar-refractivity contribution in [3.05, 3.63) is 50.1 Å². The molecular formula is C15H13BrN2OS. The number of hydrogen-bond acceptors (Lipinski definition) is 4. The number of halogens is 1. The van der Waals surface area contributed by atoms with Crippen LogP contribution in [0.1, 0.15) is 28.4 Å². The summed E-state index contributed by atoms with van der Waals surface area (Å²) >= 11 is 5.07. The maximum Gasteiger partial charge on any atom is 0.159 e. The predicted molar refractivity (Wildman–Crippen MR) is 85.3 cm³/mol. The quantitative estimate of drug-likeness (QED) is 0.777. The second-order valence-electron chi connectivity index (χ2n) is 4.52. The molecule has 0 spiro atoms. The maximum absolute atomic E-state index is 11.5. The third kappa shape index (κ3) is 3.27. The van der Waals surface area contributed by atoms with E-state index < -0.39 is 0 Å². The largest absolute Gasteiger partial charge is 0.369 e. The lowest BCUT2D eigenvalue weighted by atomic mass is 10.1. The SMILES string of the molecule is CC(=O)c1ccc(C#N)c(N(C)Cc2csc(Br)c2)c1. The Morgan fingerprint density at radius 3 is 2.75 bits per heavy atom. The van der Waals surface area contributed by atoms with E-state index in [-0.39, 0.29) is 5.78 Å². The van der Waals surface area contributed by atoms with Crippen LogP contribution in [0.5, 0.6) is 0 Å². The highest BCUT2D eigenvalue weighted by Crippen LogP contribution is 2.26. The molecule has 0 aliphatic rings. The molecule has 0 radical (unpaired) electrons. The van der Waals surface area contributed by atoms with Gasteiger partial charge >= 0.3 is 0 Å².